The Morgan fingerprint density at radius 3 is 2.13 bits per heavy atom. The standard InChI is InChI=1S/C22H24N2O3S4/c25-21(23-11-15-28-16-12-23)17-5-1-2-6-18(17)30-31-20-8-4-3-7-19(20)29-22(26)24-9-13-27-14-10-24/h1-8H,9-16H2. The number of benzene rings is 2. The number of nitrogens with zero attached hydrogens (tertiary/aromatic N) is 2. The van der Waals surface area contributed by atoms with Crippen LogP contribution in [0.3, 0.4) is 0 Å². The number of carbonyl (C=O) groups is 2. The lowest BCUT2D eigenvalue weighted by Gasteiger charge is -2.27. The summed E-state index contributed by atoms with van der Waals surface area (Å²) in [5, 5.41) is 0.0555. The van der Waals surface area contributed by atoms with Crippen molar-refractivity contribution >= 4 is 56.3 Å². The Labute approximate surface area is 199 Å². The van der Waals surface area contributed by atoms with E-state index < -0.39 is 0 Å². The van der Waals surface area contributed by atoms with Crippen LogP contribution >= 0.6 is 45.1 Å². The topological polar surface area (TPSA) is 49.9 Å². The monoisotopic (exact) mass is 492 g/mol. The third-order valence-corrected chi connectivity index (χ3v) is 9.51. The molecule has 2 aliphatic rings. The van der Waals surface area contributed by atoms with Crippen LogP contribution in [-0.4, -0.2) is 71.8 Å². The second-order valence-electron chi connectivity index (χ2n) is 6.98. The van der Waals surface area contributed by atoms with Crippen LogP contribution in [0.15, 0.2) is 63.2 Å². The maximum absolute atomic E-state index is 13.0. The number of carbonyl (C=O) groups excluding carboxylic acids is 2. The molecule has 2 aromatic rings. The average molecular weight is 493 g/mol. The van der Waals surface area contributed by atoms with E-state index >= 15 is 0 Å². The van der Waals surface area contributed by atoms with Gasteiger partial charge in [0.15, 0.2) is 0 Å². The zero-order chi connectivity index (χ0) is 21.5. The van der Waals surface area contributed by atoms with Crippen LogP contribution in [0.25, 0.3) is 0 Å². The summed E-state index contributed by atoms with van der Waals surface area (Å²) in [6.07, 6.45) is 0. The highest BCUT2D eigenvalue weighted by atomic mass is 33.1. The molecule has 9 heteroatoms. The van der Waals surface area contributed by atoms with Gasteiger partial charge in [-0.05, 0) is 36.0 Å². The predicted octanol–water partition coefficient (Wildman–Crippen LogP) is 5.22. The number of hydrogen-bond acceptors (Lipinski definition) is 7. The molecule has 0 spiro atoms. The summed E-state index contributed by atoms with van der Waals surface area (Å²) < 4.78 is 5.34. The van der Waals surface area contributed by atoms with E-state index in [1.165, 1.54) is 11.8 Å². The summed E-state index contributed by atoms with van der Waals surface area (Å²) in [5.41, 5.74) is 0.751. The van der Waals surface area contributed by atoms with E-state index in [0.29, 0.717) is 26.3 Å². The molecule has 0 bridgehead atoms. The number of thioether (sulfide) groups is 2. The number of rotatable bonds is 5. The average Bonchev–Trinajstić information content (AvgIpc) is 2.84. The van der Waals surface area contributed by atoms with Crippen molar-refractivity contribution in [3.05, 3.63) is 54.1 Å². The van der Waals surface area contributed by atoms with E-state index in [1.807, 2.05) is 70.1 Å². The van der Waals surface area contributed by atoms with Crippen molar-refractivity contribution in [3.8, 4) is 0 Å². The summed E-state index contributed by atoms with van der Waals surface area (Å²) in [5.74, 6) is 2.10. The molecule has 2 amide bonds. The molecule has 0 N–H and O–H groups in total. The Hall–Kier alpha value is -1.26. The van der Waals surface area contributed by atoms with Gasteiger partial charge in [0.05, 0.1) is 18.8 Å². The summed E-state index contributed by atoms with van der Waals surface area (Å²) in [6, 6.07) is 15.7. The zero-order valence-corrected chi connectivity index (χ0v) is 20.3. The zero-order valence-electron chi connectivity index (χ0n) is 17.0. The maximum Gasteiger partial charge on any atom is 0.286 e. The third kappa shape index (κ3) is 6.16. The SMILES string of the molecule is O=C(Sc1ccccc1SSc1ccccc1C(=O)N1CCSCC1)N1CCOCC1. The van der Waals surface area contributed by atoms with E-state index in [9.17, 15) is 9.59 Å². The lowest BCUT2D eigenvalue weighted by molar-refractivity contribution is 0.0593. The first kappa shape index (κ1) is 22.9. The van der Waals surface area contributed by atoms with Gasteiger partial charge in [0.25, 0.3) is 11.1 Å². The van der Waals surface area contributed by atoms with Gasteiger partial charge in [-0.1, -0.05) is 45.9 Å². The molecule has 164 valence electrons. The van der Waals surface area contributed by atoms with Crippen molar-refractivity contribution in [2.75, 3.05) is 50.9 Å². The molecule has 0 aromatic heterocycles. The number of amides is 2. The first-order valence-electron chi connectivity index (χ1n) is 10.2. The predicted molar refractivity (Wildman–Crippen MR) is 131 cm³/mol. The third-order valence-electron chi connectivity index (χ3n) is 4.95. The highest BCUT2D eigenvalue weighted by molar-refractivity contribution is 8.76. The van der Waals surface area contributed by atoms with Crippen LogP contribution in [0.4, 0.5) is 4.79 Å². The summed E-state index contributed by atoms with van der Waals surface area (Å²) in [6.45, 7) is 4.08. The van der Waals surface area contributed by atoms with Crippen LogP contribution in [0.1, 0.15) is 10.4 Å². The van der Waals surface area contributed by atoms with Gasteiger partial charge >= 0.3 is 0 Å². The molecule has 4 rings (SSSR count). The molecule has 31 heavy (non-hydrogen) atoms. The number of morpholine rings is 1. The normalized spacial score (nSPS) is 16.9. The minimum absolute atomic E-state index is 0.0555. The Morgan fingerprint density at radius 1 is 0.774 bits per heavy atom. The molecule has 2 aromatic carbocycles. The first-order valence-corrected chi connectivity index (χ1v) is 14.3. The number of ether oxygens (including phenoxy) is 1. The Morgan fingerprint density at radius 2 is 1.39 bits per heavy atom. The van der Waals surface area contributed by atoms with Crippen molar-refractivity contribution in [3.63, 3.8) is 0 Å². The Balaban J connectivity index is 1.44. The van der Waals surface area contributed by atoms with Crippen LogP contribution in [0.5, 0.6) is 0 Å². The molecule has 0 unspecified atom stereocenters. The molecule has 0 saturated carbocycles. The Kier molecular flexibility index (Phi) is 8.55. The van der Waals surface area contributed by atoms with Gasteiger partial charge < -0.3 is 14.5 Å². The largest absolute Gasteiger partial charge is 0.378 e. The van der Waals surface area contributed by atoms with Gasteiger partial charge in [0.1, 0.15) is 0 Å². The van der Waals surface area contributed by atoms with Gasteiger partial charge in [0.2, 0.25) is 0 Å². The molecule has 0 aliphatic carbocycles. The molecule has 2 aliphatic heterocycles. The number of hydrogen-bond donors (Lipinski definition) is 0. The van der Waals surface area contributed by atoms with E-state index in [4.69, 9.17) is 4.74 Å². The lowest BCUT2D eigenvalue weighted by atomic mass is 10.2. The molecule has 2 saturated heterocycles. The lowest BCUT2D eigenvalue weighted by Crippen LogP contribution is -2.38. The summed E-state index contributed by atoms with van der Waals surface area (Å²) in [4.78, 5) is 32.4. The smallest absolute Gasteiger partial charge is 0.286 e. The van der Waals surface area contributed by atoms with Crippen LogP contribution in [0, 0.1) is 0 Å². The quantitative estimate of drug-likeness (QED) is 0.419. The van der Waals surface area contributed by atoms with Crippen LogP contribution < -0.4 is 0 Å². The van der Waals surface area contributed by atoms with Gasteiger partial charge in [-0.15, -0.1) is 0 Å². The van der Waals surface area contributed by atoms with Crippen molar-refractivity contribution in [2.45, 2.75) is 14.7 Å². The molecule has 0 atom stereocenters. The van der Waals surface area contributed by atoms with E-state index in [0.717, 1.165) is 44.8 Å². The Bertz CT molecular complexity index is 915. The minimum atomic E-state index is 0.0555. The fourth-order valence-corrected chi connectivity index (χ4v) is 7.63. The van der Waals surface area contributed by atoms with Gasteiger partial charge in [0, 0.05) is 52.4 Å². The minimum Gasteiger partial charge on any atom is -0.378 e. The van der Waals surface area contributed by atoms with E-state index in [1.54, 1.807) is 21.6 Å². The fraction of sp³-hybridized carbons (Fsp3) is 0.364. The highest BCUT2D eigenvalue weighted by Gasteiger charge is 2.22. The van der Waals surface area contributed by atoms with Crippen LogP contribution in [0.2, 0.25) is 0 Å². The highest BCUT2D eigenvalue weighted by Crippen LogP contribution is 2.43. The van der Waals surface area contributed by atoms with Gasteiger partial charge in [-0.3, -0.25) is 9.59 Å². The molecular weight excluding hydrogens is 469 g/mol. The van der Waals surface area contributed by atoms with Crippen molar-refractivity contribution in [1.29, 1.82) is 0 Å². The maximum atomic E-state index is 13.0. The first-order chi connectivity index (χ1) is 15.2. The fourth-order valence-electron chi connectivity index (χ4n) is 3.25. The molecule has 2 fully saturated rings. The van der Waals surface area contributed by atoms with Crippen molar-refractivity contribution < 1.29 is 14.3 Å². The summed E-state index contributed by atoms with van der Waals surface area (Å²) >= 11 is 3.16. The molecule has 0 radical (unpaired) electrons. The van der Waals surface area contributed by atoms with Crippen molar-refractivity contribution in [1.82, 2.24) is 9.80 Å². The summed E-state index contributed by atoms with van der Waals surface area (Å²) in [7, 11) is 3.17. The molecule has 2 heterocycles. The van der Waals surface area contributed by atoms with Gasteiger partial charge in [-0.2, -0.15) is 11.8 Å². The van der Waals surface area contributed by atoms with Crippen LogP contribution in [-0.2, 0) is 4.74 Å². The second kappa shape index (κ2) is 11.6. The molecule has 5 nitrogen and oxygen atoms in total. The van der Waals surface area contributed by atoms with Crippen molar-refractivity contribution in [2.24, 2.45) is 0 Å². The van der Waals surface area contributed by atoms with Gasteiger partial charge in [-0.25, -0.2) is 0 Å². The van der Waals surface area contributed by atoms with E-state index in [-0.39, 0.29) is 11.1 Å². The molecular formula is C22H24N2O3S4. The van der Waals surface area contributed by atoms with E-state index in [2.05, 4.69) is 0 Å². The second-order valence-corrected chi connectivity index (χ2v) is 11.4.